The van der Waals surface area contributed by atoms with E-state index in [-0.39, 0.29) is 18.8 Å². The molecule has 0 bridgehead atoms. The van der Waals surface area contributed by atoms with Gasteiger partial charge in [0.25, 0.3) is 0 Å². The summed E-state index contributed by atoms with van der Waals surface area (Å²) >= 11 is 9.52. The molecule has 0 amide bonds. The lowest BCUT2D eigenvalue weighted by Gasteiger charge is -2.06. The summed E-state index contributed by atoms with van der Waals surface area (Å²) in [6.45, 7) is 1.24. The van der Waals surface area contributed by atoms with Gasteiger partial charge in [0.2, 0.25) is 0 Å². The Hall–Kier alpha value is -1.27. The largest absolute Gasteiger partial charge is 0.395 e. The van der Waals surface area contributed by atoms with Crippen LogP contribution in [0.5, 0.6) is 0 Å². The summed E-state index contributed by atoms with van der Waals surface area (Å²) in [5.74, 6) is -0.0742. The third kappa shape index (κ3) is 4.61. The molecule has 0 atom stereocenters. The van der Waals surface area contributed by atoms with Crippen LogP contribution in [0.1, 0.15) is 21.6 Å². The minimum atomic E-state index is -0.0742. The first-order valence-electron chi connectivity index (χ1n) is 6.84. The number of nitrogens with one attached hydrogen (secondary N) is 1. The van der Waals surface area contributed by atoms with Gasteiger partial charge in [-0.2, -0.15) is 0 Å². The van der Waals surface area contributed by atoms with Gasteiger partial charge in [0.15, 0.2) is 5.78 Å². The Morgan fingerprint density at radius 3 is 2.82 bits per heavy atom. The fourth-order valence-corrected chi connectivity index (χ4v) is 2.55. The van der Waals surface area contributed by atoms with Gasteiger partial charge < -0.3 is 10.4 Å². The normalized spacial score (nSPS) is 10.7. The zero-order valence-electron chi connectivity index (χ0n) is 11.9. The molecule has 2 N–H and O–H groups in total. The number of aliphatic hydroxyl groups excluding tert-OH is 1. The molecule has 0 spiro atoms. The van der Waals surface area contributed by atoms with Gasteiger partial charge in [0.05, 0.1) is 11.6 Å². The first-order chi connectivity index (χ1) is 10.6. The van der Waals surface area contributed by atoms with Crippen LogP contribution in [0.4, 0.5) is 0 Å². The number of rotatable bonds is 7. The predicted molar refractivity (Wildman–Crippen MR) is 90.2 cm³/mol. The van der Waals surface area contributed by atoms with E-state index >= 15 is 0 Å². The van der Waals surface area contributed by atoms with E-state index in [1.54, 1.807) is 12.3 Å². The molecule has 2 aromatic rings. The minimum Gasteiger partial charge on any atom is -0.395 e. The number of aliphatic hydroxyl groups is 1. The van der Waals surface area contributed by atoms with Crippen molar-refractivity contribution in [3.63, 3.8) is 0 Å². The van der Waals surface area contributed by atoms with E-state index in [9.17, 15) is 4.79 Å². The summed E-state index contributed by atoms with van der Waals surface area (Å²) in [7, 11) is 0. The zero-order valence-corrected chi connectivity index (χ0v) is 14.2. The molecular formula is C16H16BrClN2O2. The monoisotopic (exact) mass is 382 g/mol. The fraction of sp³-hybridized carbons (Fsp3) is 0.250. The van der Waals surface area contributed by atoms with E-state index in [0.717, 1.165) is 15.6 Å². The van der Waals surface area contributed by atoms with Crippen molar-refractivity contribution in [1.82, 2.24) is 10.3 Å². The van der Waals surface area contributed by atoms with Crippen molar-refractivity contribution in [2.45, 2.75) is 13.0 Å². The molecule has 0 fully saturated rings. The molecule has 1 aromatic heterocycles. The second kappa shape index (κ2) is 8.39. The standard InChI is InChI=1S/C16H16BrClN2O2/c17-13-3-1-2-12(16(13)18)8-15(22)14-5-4-11(10-20-14)9-19-6-7-21/h1-5,10,19,21H,6-9H2. The Bertz CT molecular complexity index is 647. The van der Waals surface area contributed by atoms with E-state index in [1.165, 1.54) is 0 Å². The van der Waals surface area contributed by atoms with Crippen LogP contribution in [0.2, 0.25) is 5.02 Å². The maximum Gasteiger partial charge on any atom is 0.185 e. The molecule has 0 aliphatic heterocycles. The number of Topliss-reactive ketones (excluding diaryl/α,β-unsaturated/α-hetero) is 1. The second-order valence-electron chi connectivity index (χ2n) is 4.76. The SMILES string of the molecule is O=C(Cc1cccc(Br)c1Cl)c1ccc(CNCCO)cn1. The molecule has 0 saturated heterocycles. The molecule has 6 heteroatoms. The van der Waals surface area contributed by atoms with Crippen LogP contribution in [0.15, 0.2) is 41.0 Å². The van der Waals surface area contributed by atoms with E-state index in [2.05, 4.69) is 26.2 Å². The number of hydrogen-bond donors (Lipinski definition) is 2. The third-order valence-electron chi connectivity index (χ3n) is 3.11. The lowest BCUT2D eigenvalue weighted by atomic mass is 10.1. The van der Waals surface area contributed by atoms with Crippen molar-refractivity contribution in [2.24, 2.45) is 0 Å². The summed E-state index contributed by atoms with van der Waals surface area (Å²) in [5.41, 5.74) is 2.16. The predicted octanol–water partition coefficient (Wildman–Crippen LogP) is 3.00. The number of hydrogen-bond acceptors (Lipinski definition) is 4. The smallest absolute Gasteiger partial charge is 0.185 e. The Balaban J connectivity index is 2.02. The van der Waals surface area contributed by atoms with Crippen LogP contribution in [0.25, 0.3) is 0 Å². The van der Waals surface area contributed by atoms with Gasteiger partial charge >= 0.3 is 0 Å². The van der Waals surface area contributed by atoms with Gasteiger partial charge in [-0.05, 0) is 39.2 Å². The van der Waals surface area contributed by atoms with Gasteiger partial charge in [0, 0.05) is 30.2 Å². The summed E-state index contributed by atoms with van der Waals surface area (Å²) in [6.07, 6.45) is 1.88. The molecule has 1 heterocycles. The molecule has 4 nitrogen and oxygen atoms in total. The fourth-order valence-electron chi connectivity index (χ4n) is 1.95. The van der Waals surface area contributed by atoms with Crippen LogP contribution in [0, 0.1) is 0 Å². The van der Waals surface area contributed by atoms with Crippen molar-refractivity contribution in [3.05, 3.63) is 62.8 Å². The molecule has 1 aromatic carbocycles. The third-order valence-corrected chi connectivity index (χ3v) is 4.45. The average molecular weight is 384 g/mol. The molecule has 0 saturated carbocycles. The van der Waals surface area contributed by atoms with Crippen molar-refractivity contribution in [2.75, 3.05) is 13.2 Å². The Kier molecular flexibility index (Phi) is 6.51. The number of benzene rings is 1. The van der Waals surface area contributed by atoms with Gasteiger partial charge in [-0.1, -0.05) is 29.8 Å². The molecule has 22 heavy (non-hydrogen) atoms. The van der Waals surface area contributed by atoms with Gasteiger partial charge in [-0.3, -0.25) is 9.78 Å². The average Bonchev–Trinajstić information content (AvgIpc) is 2.53. The highest BCUT2D eigenvalue weighted by molar-refractivity contribution is 9.10. The number of ketones is 1. The van der Waals surface area contributed by atoms with E-state index in [0.29, 0.717) is 23.8 Å². The van der Waals surface area contributed by atoms with Gasteiger partial charge in [-0.25, -0.2) is 0 Å². The van der Waals surface area contributed by atoms with E-state index in [4.69, 9.17) is 16.7 Å². The van der Waals surface area contributed by atoms with Gasteiger partial charge in [0.1, 0.15) is 5.69 Å². The summed E-state index contributed by atoms with van der Waals surface area (Å²) in [4.78, 5) is 16.5. The first kappa shape index (κ1) is 17.1. The number of carbonyl (C=O) groups is 1. The quantitative estimate of drug-likeness (QED) is 0.570. The highest BCUT2D eigenvalue weighted by Crippen LogP contribution is 2.26. The van der Waals surface area contributed by atoms with Crippen LogP contribution >= 0.6 is 27.5 Å². The van der Waals surface area contributed by atoms with Crippen LogP contribution in [0.3, 0.4) is 0 Å². The Morgan fingerprint density at radius 2 is 2.14 bits per heavy atom. The van der Waals surface area contributed by atoms with E-state index < -0.39 is 0 Å². The topological polar surface area (TPSA) is 62.2 Å². The van der Waals surface area contributed by atoms with Crippen LogP contribution in [-0.2, 0) is 13.0 Å². The second-order valence-corrected chi connectivity index (χ2v) is 6.00. The zero-order chi connectivity index (χ0) is 15.9. The number of halogens is 2. The maximum absolute atomic E-state index is 12.3. The molecule has 2 rings (SSSR count). The number of pyridine rings is 1. The van der Waals surface area contributed by atoms with Crippen molar-refractivity contribution in [1.29, 1.82) is 0 Å². The summed E-state index contributed by atoms with van der Waals surface area (Å²) < 4.78 is 0.776. The summed E-state index contributed by atoms with van der Waals surface area (Å²) in [5, 5.41) is 12.3. The Labute approximate surface area is 142 Å². The van der Waals surface area contributed by atoms with Crippen LogP contribution < -0.4 is 5.32 Å². The highest BCUT2D eigenvalue weighted by Gasteiger charge is 2.12. The number of aromatic nitrogens is 1. The lowest BCUT2D eigenvalue weighted by molar-refractivity contribution is 0.0988. The molecule has 116 valence electrons. The molecular weight excluding hydrogens is 368 g/mol. The lowest BCUT2D eigenvalue weighted by Crippen LogP contribution is -2.17. The van der Waals surface area contributed by atoms with Crippen LogP contribution in [-0.4, -0.2) is 29.0 Å². The molecule has 0 radical (unpaired) electrons. The number of nitrogens with zero attached hydrogens (tertiary/aromatic N) is 1. The van der Waals surface area contributed by atoms with Crippen molar-refractivity contribution < 1.29 is 9.90 Å². The maximum atomic E-state index is 12.3. The molecule has 0 unspecified atom stereocenters. The first-order valence-corrected chi connectivity index (χ1v) is 8.01. The number of carbonyl (C=O) groups excluding carboxylic acids is 1. The van der Waals surface area contributed by atoms with Crippen molar-refractivity contribution >= 4 is 33.3 Å². The minimum absolute atomic E-state index is 0.0742. The molecule has 0 aliphatic carbocycles. The van der Waals surface area contributed by atoms with E-state index in [1.807, 2.05) is 24.3 Å². The Morgan fingerprint density at radius 1 is 1.32 bits per heavy atom. The summed E-state index contributed by atoms with van der Waals surface area (Å²) in [6, 6.07) is 9.08. The molecule has 0 aliphatic rings. The van der Waals surface area contributed by atoms with Gasteiger partial charge in [-0.15, -0.1) is 0 Å². The van der Waals surface area contributed by atoms with Crippen molar-refractivity contribution in [3.8, 4) is 0 Å². The highest BCUT2D eigenvalue weighted by atomic mass is 79.9.